The molecule has 1 aliphatic heterocycles. The Labute approximate surface area is 258 Å². The number of rotatable bonds is 4. The Hall–Kier alpha value is -4.78. The number of halogens is 6. The lowest BCUT2D eigenvalue weighted by Gasteiger charge is -2.20. The fourth-order valence-corrected chi connectivity index (χ4v) is 5.76. The molecule has 0 spiro atoms. The van der Waals surface area contributed by atoms with Gasteiger partial charge in [0.25, 0.3) is 0 Å². The van der Waals surface area contributed by atoms with Crippen molar-refractivity contribution in [3.8, 4) is 28.1 Å². The molecule has 232 valence electrons. The second-order valence-electron chi connectivity index (χ2n) is 10.6. The van der Waals surface area contributed by atoms with E-state index in [2.05, 4.69) is 15.5 Å². The predicted octanol–water partition coefficient (Wildman–Crippen LogP) is 7.75. The Morgan fingerprint density at radius 1 is 1.02 bits per heavy atom. The third-order valence-corrected chi connectivity index (χ3v) is 7.93. The molecular formula is C31H24ClF5N6O2. The van der Waals surface area contributed by atoms with E-state index in [0.29, 0.717) is 67.8 Å². The summed E-state index contributed by atoms with van der Waals surface area (Å²) in [6.07, 6.45) is 1.21. The van der Waals surface area contributed by atoms with Gasteiger partial charge in [0.05, 0.1) is 40.9 Å². The van der Waals surface area contributed by atoms with Gasteiger partial charge in [0.15, 0.2) is 11.9 Å². The molecule has 0 aliphatic carbocycles. The highest BCUT2D eigenvalue weighted by Crippen LogP contribution is 2.37. The molecule has 45 heavy (non-hydrogen) atoms. The van der Waals surface area contributed by atoms with E-state index in [4.69, 9.17) is 11.6 Å². The number of pyridine rings is 1. The minimum Gasteiger partial charge on any atom is -0.618 e. The standard InChI is InChI=1S/C31H24ClF5N6O2/c32-22-9-11-26(41-17-21(14-38-41)31(35,36)37)24(13-22)20-8-10-27(42(45)16-20)23-6-1-2-7-28(44)40-25-15-39-43(30(33)34)29(25)19-5-3-4-18(23)12-19/h3-5,8-17,23,30H,1-2,6-7H2,(H,40,44)/t23-/m0/s1. The minimum atomic E-state index is -4.58. The van der Waals surface area contributed by atoms with Crippen LogP contribution in [0.1, 0.15) is 55.0 Å². The number of hydrogen-bond donors (Lipinski definition) is 1. The first-order valence-electron chi connectivity index (χ1n) is 13.9. The Bertz CT molecular complexity index is 1890. The molecule has 8 nitrogen and oxygen atoms in total. The largest absolute Gasteiger partial charge is 0.618 e. The molecule has 14 heteroatoms. The monoisotopic (exact) mass is 642 g/mol. The smallest absolute Gasteiger partial charge is 0.419 e. The van der Waals surface area contributed by atoms with E-state index in [1.165, 1.54) is 30.6 Å². The number of amides is 1. The molecule has 0 saturated carbocycles. The van der Waals surface area contributed by atoms with Crippen molar-refractivity contribution in [1.29, 1.82) is 0 Å². The maximum atomic E-state index is 13.9. The molecular weight excluding hydrogens is 619 g/mol. The summed E-state index contributed by atoms with van der Waals surface area (Å²) >= 11 is 6.24. The van der Waals surface area contributed by atoms with E-state index in [0.717, 1.165) is 10.9 Å². The Morgan fingerprint density at radius 3 is 2.58 bits per heavy atom. The van der Waals surface area contributed by atoms with Crippen LogP contribution in [0.25, 0.3) is 28.1 Å². The lowest BCUT2D eigenvalue weighted by molar-refractivity contribution is -0.614. The summed E-state index contributed by atoms with van der Waals surface area (Å²) in [5, 5.41) is 24.3. The van der Waals surface area contributed by atoms with Crippen LogP contribution in [-0.2, 0) is 11.0 Å². The van der Waals surface area contributed by atoms with Gasteiger partial charge in [-0.1, -0.05) is 36.2 Å². The van der Waals surface area contributed by atoms with Gasteiger partial charge >= 0.3 is 12.7 Å². The number of alkyl halides is 5. The summed E-state index contributed by atoms with van der Waals surface area (Å²) in [6, 6.07) is 14.7. The molecule has 3 aromatic heterocycles. The first kappa shape index (κ1) is 30.3. The Balaban J connectivity index is 1.42. The molecule has 4 heterocycles. The number of anilines is 1. The molecule has 0 unspecified atom stereocenters. The number of carbonyl (C=O) groups excluding carboxylic acids is 1. The SMILES string of the molecule is O=C1CCCC[C@H](c2ccc(-c3cc(Cl)ccc3-n3cc(C(F)(F)F)cn3)c[n+]2[O-])c2cccc(c2)-c2c(cnn2C(F)F)N1. The van der Waals surface area contributed by atoms with Crippen molar-refractivity contribution in [3.05, 3.63) is 106 Å². The lowest BCUT2D eigenvalue weighted by Crippen LogP contribution is -2.33. The summed E-state index contributed by atoms with van der Waals surface area (Å²) < 4.78 is 69.8. The summed E-state index contributed by atoms with van der Waals surface area (Å²) in [5.74, 6) is -0.803. The second kappa shape index (κ2) is 12.0. The maximum Gasteiger partial charge on any atom is 0.419 e. The summed E-state index contributed by atoms with van der Waals surface area (Å²) in [7, 11) is 0. The van der Waals surface area contributed by atoms with Crippen molar-refractivity contribution < 1.29 is 31.5 Å². The Kier molecular flexibility index (Phi) is 8.04. The topological polar surface area (TPSA) is 91.7 Å². The van der Waals surface area contributed by atoms with E-state index in [-0.39, 0.29) is 29.4 Å². The molecule has 0 fully saturated rings. The second-order valence-corrected chi connectivity index (χ2v) is 11.0. The van der Waals surface area contributed by atoms with Gasteiger partial charge in [-0.3, -0.25) is 4.79 Å². The van der Waals surface area contributed by atoms with Crippen molar-refractivity contribution in [2.24, 2.45) is 0 Å². The van der Waals surface area contributed by atoms with Gasteiger partial charge in [-0.2, -0.15) is 36.9 Å². The fraction of sp³-hybridized carbons (Fsp3) is 0.226. The fourth-order valence-electron chi connectivity index (χ4n) is 5.59. The van der Waals surface area contributed by atoms with Crippen LogP contribution in [0, 0.1) is 5.21 Å². The number of hydrogen-bond acceptors (Lipinski definition) is 4. The van der Waals surface area contributed by atoms with E-state index < -0.39 is 24.2 Å². The molecule has 2 bridgehead atoms. The average Bonchev–Trinajstić information content (AvgIpc) is 3.65. The summed E-state index contributed by atoms with van der Waals surface area (Å²) in [5.41, 5.74) is 1.79. The van der Waals surface area contributed by atoms with Crippen molar-refractivity contribution in [2.45, 2.75) is 44.3 Å². The third-order valence-electron chi connectivity index (χ3n) is 7.69. The third kappa shape index (κ3) is 6.12. The van der Waals surface area contributed by atoms with Crippen LogP contribution in [0.5, 0.6) is 0 Å². The van der Waals surface area contributed by atoms with Gasteiger partial charge in [-0.25, -0.2) is 9.36 Å². The predicted molar refractivity (Wildman–Crippen MR) is 156 cm³/mol. The first-order chi connectivity index (χ1) is 21.5. The number of fused-ring (bicyclic) bond motifs is 4. The summed E-state index contributed by atoms with van der Waals surface area (Å²) in [6.45, 7) is -2.95. The number of benzene rings is 2. The van der Waals surface area contributed by atoms with Crippen molar-refractivity contribution >= 4 is 23.2 Å². The maximum absolute atomic E-state index is 13.9. The molecule has 5 aromatic rings. The van der Waals surface area contributed by atoms with Crippen LogP contribution >= 0.6 is 11.6 Å². The summed E-state index contributed by atoms with van der Waals surface area (Å²) in [4.78, 5) is 12.6. The van der Waals surface area contributed by atoms with Gasteiger partial charge in [-0.05, 0) is 48.7 Å². The van der Waals surface area contributed by atoms with Gasteiger partial charge in [0.2, 0.25) is 5.91 Å². The van der Waals surface area contributed by atoms with Crippen molar-refractivity contribution in [3.63, 3.8) is 0 Å². The minimum absolute atomic E-state index is 0.0469. The van der Waals surface area contributed by atoms with E-state index in [9.17, 15) is 32.0 Å². The lowest BCUT2D eigenvalue weighted by atomic mass is 9.88. The van der Waals surface area contributed by atoms with Gasteiger partial charge in [0, 0.05) is 40.4 Å². The highest BCUT2D eigenvalue weighted by Gasteiger charge is 2.33. The van der Waals surface area contributed by atoms with Crippen molar-refractivity contribution in [2.75, 3.05) is 5.32 Å². The van der Waals surface area contributed by atoms with Crippen LogP contribution in [0.2, 0.25) is 5.02 Å². The van der Waals surface area contributed by atoms with Crippen LogP contribution in [0.4, 0.5) is 27.6 Å². The van der Waals surface area contributed by atoms with Crippen LogP contribution in [0.3, 0.4) is 0 Å². The molecule has 1 N–H and O–H groups in total. The zero-order chi connectivity index (χ0) is 31.9. The van der Waals surface area contributed by atoms with Crippen LogP contribution < -0.4 is 10.0 Å². The molecule has 6 rings (SSSR count). The molecule has 2 aromatic carbocycles. The zero-order valence-corrected chi connectivity index (χ0v) is 24.1. The molecule has 0 saturated heterocycles. The highest BCUT2D eigenvalue weighted by molar-refractivity contribution is 6.31. The van der Waals surface area contributed by atoms with E-state index >= 15 is 0 Å². The molecule has 1 aliphatic rings. The number of nitrogens with zero attached hydrogens (tertiary/aromatic N) is 5. The van der Waals surface area contributed by atoms with Crippen LogP contribution in [-0.4, -0.2) is 25.5 Å². The number of nitrogens with one attached hydrogen (secondary N) is 1. The molecule has 0 radical (unpaired) electrons. The highest BCUT2D eigenvalue weighted by atomic mass is 35.5. The quantitative estimate of drug-likeness (QED) is 0.123. The zero-order valence-electron chi connectivity index (χ0n) is 23.3. The number of aromatic nitrogens is 5. The molecule has 1 amide bonds. The van der Waals surface area contributed by atoms with Crippen molar-refractivity contribution in [1.82, 2.24) is 19.6 Å². The Morgan fingerprint density at radius 2 is 1.84 bits per heavy atom. The normalized spacial score (nSPS) is 15.7. The van der Waals surface area contributed by atoms with Crippen LogP contribution in [0.15, 0.2) is 79.4 Å². The van der Waals surface area contributed by atoms with Gasteiger partial charge in [-0.15, -0.1) is 0 Å². The average molecular weight is 643 g/mol. The first-order valence-corrected chi connectivity index (χ1v) is 14.3. The van der Waals surface area contributed by atoms with E-state index in [1.807, 2.05) is 0 Å². The number of carbonyl (C=O) groups is 1. The van der Waals surface area contributed by atoms with Gasteiger partial charge < -0.3 is 10.5 Å². The van der Waals surface area contributed by atoms with E-state index in [1.54, 1.807) is 36.4 Å². The van der Waals surface area contributed by atoms with Gasteiger partial charge in [0.1, 0.15) is 0 Å². The molecule has 1 atom stereocenters.